The molecule has 2 aromatic rings. The summed E-state index contributed by atoms with van der Waals surface area (Å²) in [5.74, 6) is -1.34. The monoisotopic (exact) mass is 277 g/mol. The van der Waals surface area contributed by atoms with Crippen LogP contribution in [0.5, 0.6) is 0 Å². The average molecular weight is 277 g/mol. The fourth-order valence-corrected chi connectivity index (χ4v) is 1.70. The third-order valence-electron chi connectivity index (χ3n) is 2.79. The molecule has 0 saturated heterocycles. The maximum absolute atomic E-state index is 13.7. The molecule has 2 N–H and O–H groups in total. The Bertz CT molecular complexity index is 582. The molecule has 3 nitrogen and oxygen atoms in total. The van der Waals surface area contributed by atoms with Crippen molar-refractivity contribution < 1.29 is 8.78 Å². The normalized spacial score (nSPS) is 10.4. The molecule has 0 fully saturated rings. The number of aromatic nitrogens is 1. The minimum Gasteiger partial charge on any atom is -0.368 e. The summed E-state index contributed by atoms with van der Waals surface area (Å²) in [7, 11) is 0. The van der Waals surface area contributed by atoms with Gasteiger partial charge in [-0.15, -0.1) is 0 Å². The summed E-state index contributed by atoms with van der Waals surface area (Å²) in [6.45, 7) is 4.51. The maximum atomic E-state index is 13.7. The molecular weight excluding hydrogens is 260 g/mol. The van der Waals surface area contributed by atoms with Gasteiger partial charge >= 0.3 is 0 Å². The third kappa shape index (κ3) is 3.44. The number of benzene rings is 1. The molecule has 20 heavy (non-hydrogen) atoms. The fraction of sp³-hybridized carbons (Fsp3) is 0.267. The number of nitrogens with one attached hydrogen (secondary N) is 2. The highest BCUT2D eigenvalue weighted by molar-refractivity contribution is 5.59. The lowest BCUT2D eigenvalue weighted by atomic mass is 10.2. The van der Waals surface area contributed by atoms with E-state index in [0.717, 1.165) is 18.1 Å². The van der Waals surface area contributed by atoms with Gasteiger partial charge in [0.05, 0.1) is 0 Å². The molecule has 0 radical (unpaired) electrons. The Morgan fingerprint density at radius 1 is 1.05 bits per heavy atom. The van der Waals surface area contributed by atoms with Gasteiger partial charge in [-0.1, -0.05) is 24.6 Å². The van der Waals surface area contributed by atoms with E-state index < -0.39 is 11.6 Å². The van der Waals surface area contributed by atoms with Gasteiger partial charge in [0.2, 0.25) is 0 Å². The fourth-order valence-electron chi connectivity index (χ4n) is 1.70. The van der Waals surface area contributed by atoms with Gasteiger partial charge in [-0.25, -0.2) is 13.8 Å². The molecular formula is C15H17F2N3. The Kier molecular flexibility index (Phi) is 4.50. The van der Waals surface area contributed by atoms with E-state index in [9.17, 15) is 8.78 Å². The molecule has 0 atom stereocenters. The molecule has 0 bridgehead atoms. The molecule has 0 aliphatic carbocycles. The minimum atomic E-state index is -0.717. The first kappa shape index (κ1) is 14.2. The molecule has 0 aliphatic heterocycles. The van der Waals surface area contributed by atoms with E-state index in [-0.39, 0.29) is 11.6 Å². The maximum Gasteiger partial charge on any atom is 0.169 e. The number of nitrogens with zero attached hydrogens (tertiary/aromatic N) is 1. The Hall–Kier alpha value is -2.17. The summed E-state index contributed by atoms with van der Waals surface area (Å²) in [6.07, 6.45) is 0.833. The summed E-state index contributed by atoms with van der Waals surface area (Å²) in [5.41, 5.74) is 1.81. The van der Waals surface area contributed by atoms with Crippen molar-refractivity contribution in [2.45, 2.75) is 20.3 Å². The van der Waals surface area contributed by atoms with E-state index in [1.54, 1.807) is 0 Å². The predicted octanol–water partition coefficient (Wildman–Crippen LogP) is 4.23. The van der Waals surface area contributed by atoms with Gasteiger partial charge in [0.15, 0.2) is 23.3 Å². The van der Waals surface area contributed by atoms with Gasteiger partial charge < -0.3 is 10.6 Å². The van der Waals surface area contributed by atoms with Crippen molar-refractivity contribution >= 4 is 17.3 Å². The lowest BCUT2D eigenvalue weighted by molar-refractivity contribution is 0.579. The predicted molar refractivity (Wildman–Crippen MR) is 77.4 cm³/mol. The van der Waals surface area contributed by atoms with Crippen molar-refractivity contribution in [2.75, 3.05) is 17.2 Å². The summed E-state index contributed by atoms with van der Waals surface area (Å²) in [6, 6.07) is 8.28. The molecule has 0 spiro atoms. The van der Waals surface area contributed by atoms with Gasteiger partial charge in [-0.3, -0.25) is 0 Å². The van der Waals surface area contributed by atoms with E-state index in [1.807, 2.05) is 38.1 Å². The molecule has 1 heterocycles. The Labute approximate surface area is 117 Å². The van der Waals surface area contributed by atoms with E-state index >= 15 is 0 Å². The SMILES string of the molecule is CCCNc1nc(Nc2ccc(C)cc2)c(F)cc1F. The van der Waals surface area contributed by atoms with Crippen molar-refractivity contribution in [3.63, 3.8) is 0 Å². The van der Waals surface area contributed by atoms with Crippen LogP contribution in [0.1, 0.15) is 18.9 Å². The number of hydrogen-bond donors (Lipinski definition) is 2. The van der Waals surface area contributed by atoms with Gasteiger partial charge in [0.1, 0.15) is 0 Å². The van der Waals surface area contributed by atoms with Crippen molar-refractivity contribution in [1.29, 1.82) is 0 Å². The summed E-state index contributed by atoms with van der Waals surface area (Å²) < 4.78 is 27.3. The summed E-state index contributed by atoms with van der Waals surface area (Å²) in [5, 5.41) is 5.68. The van der Waals surface area contributed by atoms with Crippen molar-refractivity contribution in [1.82, 2.24) is 4.98 Å². The Morgan fingerprint density at radius 2 is 1.70 bits per heavy atom. The van der Waals surface area contributed by atoms with Gasteiger partial charge in [-0.05, 0) is 25.5 Å². The number of rotatable bonds is 5. The molecule has 2 rings (SSSR count). The third-order valence-corrected chi connectivity index (χ3v) is 2.79. The lowest BCUT2D eigenvalue weighted by Crippen LogP contribution is -2.07. The first-order chi connectivity index (χ1) is 9.60. The highest BCUT2D eigenvalue weighted by atomic mass is 19.1. The van der Waals surface area contributed by atoms with Crippen LogP contribution in [0.2, 0.25) is 0 Å². The second-order valence-electron chi connectivity index (χ2n) is 4.57. The van der Waals surface area contributed by atoms with Crippen molar-refractivity contribution in [3.8, 4) is 0 Å². The molecule has 0 aliphatic rings. The van der Waals surface area contributed by atoms with E-state index in [1.165, 1.54) is 0 Å². The molecule has 1 aromatic carbocycles. The molecule has 0 unspecified atom stereocenters. The first-order valence-corrected chi connectivity index (χ1v) is 6.53. The van der Waals surface area contributed by atoms with E-state index in [0.29, 0.717) is 12.2 Å². The minimum absolute atomic E-state index is 0.00820. The summed E-state index contributed by atoms with van der Waals surface area (Å²) >= 11 is 0. The largest absolute Gasteiger partial charge is 0.368 e. The number of pyridine rings is 1. The smallest absolute Gasteiger partial charge is 0.169 e. The molecule has 0 amide bonds. The van der Waals surface area contributed by atoms with Gasteiger partial charge in [0, 0.05) is 18.3 Å². The van der Waals surface area contributed by atoms with Crippen molar-refractivity contribution in [3.05, 3.63) is 47.5 Å². The zero-order chi connectivity index (χ0) is 14.5. The second kappa shape index (κ2) is 6.32. The zero-order valence-electron chi connectivity index (χ0n) is 11.5. The van der Waals surface area contributed by atoms with Crippen LogP contribution in [0, 0.1) is 18.6 Å². The standard InChI is InChI=1S/C15H17F2N3/c1-3-8-18-14-12(16)9-13(17)15(20-14)19-11-6-4-10(2)5-7-11/h4-7,9H,3,8H2,1-2H3,(H2,18,19,20). The number of anilines is 3. The van der Waals surface area contributed by atoms with E-state index in [4.69, 9.17) is 0 Å². The van der Waals surface area contributed by atoms with Crippen LogP contribution >= 0.6 is 0 Å². The highest BCUT2D eigenvalue weighted by Crippen LogP contribution is 2.22. The molecule has 5 heteroatoms. The lowest BCUT2D eigenvalue weighted by Gasteiger charge is -2.11. The van der Waals surface area contributed by atoms with E-state index in [2.05, 4.69) is 15.6 Å². The number of aryl methyl sites for hydroxylation is 1. The summed E-state index contributed by atoms with van der Waals surface area (Å²) in [4.78, 5) is 3.95. The van der Waals surface area contributed by atoms with Crippen LogP contribution in [0.3, 0.4) is 0 Å². The zero-order valence-corrected chi connectivity index (χ0v) is 11.5. The van der Waals surface area contributed by atoms with Crippen LogP contribution in [0.15, 0.2) is 30.3 Å². The quantitative estimate of drug-likeness (QED) is 0.858. The Balaban J connectivity index is 2.24. The van der Waals surface area contributed by atoms with Crippen LogP contribution in [-0.2, 0) is 0 Å². The molecule has 1 aromatic heterocycles. The van der Waals surface area contributed by atoms with Gasteiger partial charge in [0.25, 0.3) is 0 Å². The molecule has 106 valence electrons. The van der Waals surface area contributed by atoms with Crippen LogP contribution in [0.4, 0.5) is 26.1 Å². The van der Waals surface area contributed by atoms with Crippen LogP contribution in [-0.4, -0.2) is 11.5 Å². The number of hydrogen-bond acceptors (Lipinski definition) is 3. The van der Waals surface area contributed by atoms with Crippen LogP contribution < -0.4 is 10.6 Å². The second-order valence-corrected chi connectivity index (χ2v) is 4.57. The van der Waals surface area contributed by atoms with Gasteiger partial charge in [-0.2, -0.15) is 0 Å². The Morgan fingerprint density at radius 3 is 2.35 bits per heavy atom. The average Bonchev–Trinajstić information content (AvgIpc) is 2.43. The highest BCUT2D eigenvalue weighted by Gasteiger charge is 2.11. The first-order valence-electron chi connectivity index (χ1n) is 6.53. The van der Waals surface area contributed by atoms with Crippen LogP contribution in [0.25, 0.3) is 0 Å². The van der Waals surface area contributed by atoms with Crippen molar-refractivity contribution in [2.24, 2.45) is 0 Å². The topological polar surface area (TPSA) is 37.0 Å². The number of halogens is 2. The molecule has 0 saturated carbocycles.